The van der Waals surface area contributed by atoms with E-state index >= 15 is 0 Å². The van der Waals surface area contributed by atoms with Gasteiger partial charge in [-0.3, -0.25) is 4.79 Å². The van der Waals surface area contributed by atoms with Crippen LogP contribution in [0.15, 0.2) is 35.1 Å². The van der Waals surface area contributed by atoms with E-state index < -0.39 is 11.5 Å². The Morgan fingerprint density at radius 1 is 1.33 bits per heavy atom. The first-order chi connectivity index (χ1) is 7.22. The lowest BCUT2D eigenvalue weighted by Crippen LogP contribution is -2.18. The van der Waals surface area contributed by atoms with E-state index in [2.05, 4.69) is 19.9 Å². The normalized spacial score (nSPS) is 10.2. The number of hydrogen-bond acceptors (Lipinski definition) is 3. The van der Waals surface area contributed by atoms with Crippen molar-refractivity contribution in [3.05, 3.63) is 46.2 Å². The summed E-state index contributed by atoms with van der Waals surface area (Å²) in [5.74, 6) is -0.710. The minimum absolute atomic E-state index is 0.0244. The second-order valence-electron chi connectivity index (χ2n) is 2.99. The van der Waals surface area contributed by atoms with E-state index in [-0.39, 0.29) is 5.56 Å². The molecule has 2 aromatic rings. The fraction of sp³-hybridized carbons (Fsp3) is 0. The highest BCUT2D eigenvalue weighted by molar-refractivity contribution is 6.09. The summed E-state index contributed by atoms with van der Waals surface area (Å²) in [4.78, 5) is 25.2. The maximum Gasteiger partial charge on any atom is 0.345 e. The van der Waals surface area contributed by atoms with Crippen molar-refractivity contribution in [2.45, 2.75) is 0 Å². The fourth-order valence-corrected chi connectivity index (χ4v) is 1.46. The first-order valence-corrected chi connectivity index (χ1v) is 4.63. The van der Waals surface area contributed by atoms with Gasteiger partial charge >= 0.3 is 16.5 Å². The predicted octanol–water partition coefficient (Wildman–Crippen LogP) is 0.768. The Kier molecular flexibility index (Phi) is 2.38. The van der Waals surface area contributed by atoms with Gasteiger partial charge in [-0.05, 0) is 17.5 Å². The van der Waals surface area contributed by atoms with Gasteiger partial charge in [0.15, 0.2) is 0 Å². The number of H-pyrrole nitrogens is 1. The Morgan fingerprint density at radius 3 is 2.80 bits per heavy atom. The van der Waals surface area contributed by atoms with Crippen LogP contribution in [-0.2, 0) is 4.43 Å². The topological polar surface area (TPSA) is 59.2 Å². The summed E-state index contributed by atoms with van der Waals surface area (Å²) in [5, 5.41) is 0.782. The average molecular weight is 216 g/mol. The summed E-state index contributed by atoms with van der Waals surface area (Å²) in [6.07, 6.45) is 0. The fourth-order valence-electron chi connectivity index (χ4n) is 1.35. The Labute approximate surface area is 88.4 Å². The number of aromatic amines is 1. The number of fused-ring (bicyclic) bond motifs is 1. The van der Waals surface area contributed by atoms with Crippen LogP contribution < -0.4 is 5.56 Å². The molecule has 0 atom stereocenters. The van der Waals surface area contributed by atoms with Crippen molar-refractivity contribution in [1.82, 2.24) is 4.98 Å². The van der Waals surface area contributed by atoms with Crippen LogP contribution in [0.25, 0.3) is 10.9 Å². The SMILES string of the molecule is O=C(O[Si])c1cc2ccccc2[nH]c1=O. The van der Waals surface area contributed by atoms with Crippen molar-refractivity contribution in [3.63, 3.8) is 0 Å². The zero-order valence-electron chi connectivity index (χ0n) is 7.61. The molecule has 1 aromatic carbocycles. The van der Waals surface area contributed by atoms with Crippen LogP contribution in [0, 0.1) is 0 Å². The highest BCUT2D eigenvalue weighted by atomic mass is 28.2. The molecule has 0 saturated carbocycles. The van der Waals surface area contributed by atoms with Crippen LogP contribution in [0.4, 0.5) is 0 Å². The van der Waals surface area contributed by atoms with Gasteiger partial charge in [0.25, 0.3) is 5.56 Å². The maximum absolute atomic E-state index is 11.5. The summed E-state index contributed by atoms with van der Waals surface area (Å²) in [7, 11) is 2.60. The van der Waals surface area contributed by atoms with Crippen LogP contribution >= 0.6 is 0 Å². The van der Waals surface area contributed by atoms with E-state index in [1.807, 2.05) is 6.07 Å². The zero-order valence-corrected chi connectivity index (χ0v) is 8.61. The third-order valence-electron chi connectivity index (χ3n) is 2.07. The molecule has 2 rings (SSSR count). The first-order valence-electron chi connectivity index (χ1n) is 4.22. The van der Waals surface area contributed by atoms with Crippen molar-refractivity contribution in [1.29, 1.82) is 0 Å². The van der Waals surface area contributed by atoms with Gasteiger partial charge in [0.1, 0.15) is 5.56 Å². The highest BCUT2D eigenvalue weighted by Gasteiger charge is 2.10. The molecule has 0 saturated heterocycles. The molecule has 5 heteroatoms. The number of pyridine rings is 1. The molecule has 1 N–H and O–H groups in total. The number of aromatic nitrogens is 1. The Hall–Kier alpha value is -1.88. The van der Waals surface area contributed by atoms with Gasteiger partial charge in [0, 0.05) is 5.52 Å². The smallest absolute Gasteiger partial charge is 0.345 e. The van der Waals surface area contributed by atoms with E-state index in [1.165, 1.54) is 6.07 Å². The molecule has 0 bridgehead atoms. The number of rotatable bonds is 1. The van der Waals surface area contributed by atoms with Crippen LogP contribution in [0.2, 0.25) is 0 Å². The third-order valence-corrected chi connectivity index (χ3v) is 2.25. The van der Waals surface area contributed by atoms with Gasteiger partial charge in [-0.2, -0.15) is 0 Å². The molecule has 15 heavy (non-hydrogen) atoms. The van der Waals surface area contributed by atoms with E-state index in [0.717, 1.165) is 5.39 Å². The summed E-state index contributed by atoms with van der Waals surface area (Å²) >= 11 is 0. The molecule has 1 aromatic heterocycles. The van der Waals surface area contributed by atoms with Gasteiger partial charge < -0.3 is 9.41 Å². The number of nitrogens with one attached hydrogen (secondary N) is 1. The lowest BCUT2D eigenvalue weighted by atomic mass is 10.1. The van der Waals surface area contributed by atoms with Gasteiger partial charge in [-0.1, -0.05) is 18.2 Å². The van der Waals surface area contributed by atoms with Crippen LogP contribution in [0.5, 0.6) is 0 Å². The molecule has 4 nitrogen and oxygen atoms in total. The lowest BCUT2D eigenvalue weighted by Gasteiger charge is -2.00. The van der Waals surface area contributed by atoms with Crippen molar-refractivity contribution in [2.24, 2.45) is 0 Å². The molecule has 0 aliphatic carbocycles. The molecule has 0 aliphatic heterocycles. The Morgan fingerprint density at radius 2 is 2.07 bits per heavy atom. The molecule has 3 radical (unpaired) electrons. The molecule has 0 spiro atoms. The molecular formula is C10H6NO3Si. The van der Waals surface area contributed by atoms with Crippen LogP contribution in [0.3, 0.4) is 0 Å². The predicted molar refractivity (Wildman–Crippen MR) is 55.7 cm³/mol. The first kappa shape index (κ1) is 9.66. The van der Waals surface area contributed by atoms with Gasteiger partial charge in [0.2, 0.25) is 0 Å². The summed E-state index contributed by atoms with van der Waals surface area (Å²) < 4.78 is 4.31. The molecule has 0 amide bonds. The standard InChI is InChI=1S/C10H6NO3Si/c12-9-7(10(13)14-15)5-6-3-1-2-4-8(6)11-9/h1-5H,(H,11,12). The monoisotopic (exact) mass is 216 g/mol. The second-order valence-corrected chi connectivity index (χ2v) is 3.19. The Bertz CT molecular complexity index is 576. The number of carbonyl (C=O) groups is 1. The van der Waals surface area contributed by atoms with E-state index in [1.54, 1.807) is 18.2 Å². The van der Waals surface area contributed by atoms with Gasteiger partial charge in [-0.15, -0.1) is 0 Å². The molecule has 73 valence electrons. The molecule has 0 aliphatic rings. The number of benzene rings is 1. The maximum atomic E-state index is 11.5. The number of hydrogen-bond donors (Lipinski definition) is 1. The van der Waals surface area contributed by atoms with Crippen LogP contribution in [-0.4, -0.2) is 21.4 Å². The van der Waals surface area contributed by atoms with Crippen molar-refractivity contribution in [2.75, 3.05) is 0 Å². The minimum atomic E-state index is -0.710. The summed E-state index contributed by atoms with van der Waals surface area (Å²) in [5.41, 5.74) is 0.202. The second kappa shape index (κ2) is 3.70. The third kappa shape index (κ3) is 1.69. The largest absolute Gasteiger partial charge is 0.512 e. The number of para-hydroxylation sites is 1. The lowest BCUT2D eigenvalue weighted by molar-refractivity contribution is 0.0748. The zero-order chi connectivity index (χ0) is 10.8. The molecule has 1 heterocycles. The average Bonchev–Trinajstić information content (AvgIpc) is 2.27. The quantitative estimate of drug-likeness (QED) is 0.716. The summed E-state index contributed by atoms with van der Waals surface area (Å²) in [6, 6.07) is 8.69. The molecule has 0 unspecified atom stereocenters. The minimum Gasteiger partial charge on any atom is -0.512 e. The highest BCUT2D eigenvalue weighted by Crippen LogP contribution is 2.10. The van der Waals surface area contributed by atoms with Crippen molar-refractivity contribution >= 4 is 27.4 Å². The van der Waals surface area contributed by atoms with E-state index in [4.69, 9.17) is 0 Å². The molecular weight excluding hydrogens is 210 g/mol. The van der Waals surface area contributed by atoms with E-state index in [9.17, 15) is 9.59 Å². The van der Waals surface area contributed by atoms with Crippen LogP contribution in [0.1, 0.15) is 10.4 Å². The molecule has 0 fully saturated rings. The number of carbonyl (C=O) groups excluding carboxylic acids is 1. The Balaban J connectivity index is 2.73. The van der Waals surface area contributed by atoms with E-state index in [0.29, 0.717) is 5.52 Å². The van der Waals surface area contributed by atoms with Crippen molar-refractivity contribution < 1.29 is 9.22 Å². The van der Waals surface area contributed by atoms with Crippen molar-refractivity contribution in [3.8, 4) is 0 Å². The summed E-state index contributed by atoms with van der Waals surface area (Å²) in [6.45, 7) is 0. The van der Waals surface area contributed by atoms with Gasteiger partial charge in [-0.25, -0.2) is 4.79 Å². The van der Waals surface area contributed by atoms with Gasteiger partial charge in [0.05, 0.1) is 0 Å².